The number of carboxylic acid groups (broad SMARTS) is 1. The van der Waals surface area contributed by atoms with Crippen LogP contribution in [0.25, 0.3) is 0 Å². The van der Waals surface area contributed by atoms with E-state index in [0.29, 0.717) is 12.2 Å². The highest BCUT2D eigenvalue weighted by Gasteiger charge is 2.16. The number of phenolic OH excluding ortho intramolecular Hbond substituents is 1. The van der Waals surface area contributed by atoms with Gasteiger partial charge in [-0.15, -0.1) is 0 Å². The van der Waals surface area contributed by atoms with Gasteiger partial charge in [0.25, 0.3) is 0 Å². The van der Waals surface area contributed by atoms with Crippen molar-refractivity contribution < 1.29 is 15.0 Å². The first-order valence-electron chi connectivity index (χ1n) is 5.90. The van der Waals surface area contributed by atoms with Crippen molar-refractivity contribution in [2.24, 2.45) is 0 Å². The van der Waals surface area contributed by atoms with Crippen molar-refractivity contribution in [2.45, 2.75) is 25.8 Å². The van der Waals surface area contributed by atoms with Crippen LogP contribution in [0.5, 0.6) is 5.75 Å². The fraction of sp³-hybridized carbons (Fsp3) is 0.462. The Morgan fingerprint density at radius 2 is 2.18 bits per heavy atom. The van der Waals surface area contributed by atoms with E-state index in [1.54, 1.807) is 12.1 Å². The lowest BCUT2D eigenvalue weighted by molar-refractivity contribution is -0.137. The predicted molar refractivity (Wildman–Crippen MR) is 64.0 cm³/mol. The molecule has 2 rings (SSSR count). The molecule has 0 saturated heterocycles. The van der Waals surface area contributed by atoms with E-state index in [0.717, 1.165) is 31.6 Å². The molecule has 1 heterocycles. The lowest BCUT2D eigenvalue weighted by Gasteiger charge is -2.28. The Morgan fingerprint density at radius 3 is 2.94 bits per heavy atom. The van der Waals surface area contributed by atoms with Crippen LogP contribution in [0.3, 0.4) is 0 Å². The summed E-state index contributed by atoms with van der Waals surface area (Å²) in [4.78, 5) is 12.7. The number of aliphatic carboxylic acids is 1. The number of carbonyl (C=O) groups is 1. The molecular weight excluding hydrogens is 218 g/mol. The number of hydrogen-bond acceptors (Lipinski definition) is 3. The molecule has 4 heteroatoms. The molecule has 2 N–H and O–H groups in total. The summed E-state index contributed by atoms with van der Waals surface area (Å²) in [7, 11) is 0. The van der Waals surface area contributed by atoms with Crippen molar-refractivity contribution in [3.8, 4) is 5.75 Å². The number of nitrogens with zero attached hydrogens (tertiary/aromatic N) is 1. The van der Waals surface area contributed by atoms with E-state index >= 15 is 0 Å². The first-order valence-corrected chi connectivity index (χ1v) is 5.90. The molecule has 4 nitrogen and oxygen atoms in total. The lowest BCUT2D eigenvalue weighted by atomic mass is 9.99. The van der Waals surface area contributed by atoms with Gasteiger partial charge in [0.15, 0.2) is 0 Å². The second-order valence-corrected chi connectivity index (χ2v) is 4.48. The maximum Gasteiger partial charge on any atom is 0.303 e. The normalized spacial score (nSPS) is 15.5. The Hall–Kier alpha value is -1.55. The number of aromatic hydroxyl groups is 1. The molecule has 0 aliphatic carbocycles. The maximum absolute atomic E-state index is 10.4. The number of benzene rings is 1. The molecule has 1 aliphatic heterocycles. The van der Waals surface area contributed by atoms with E-state index in [1.165, 1.54) is 5.56 Å². The Morgan fingerprint density at radius 1 is 1.35 bits per heavy atom. The molecule has 1 aromatic rings. The van der Waals surface area contributed by atoms with Crippen LogP contribution in [-0.4, -0.2) is 34.2 Å². The van der Waals surface area contributed by atoms with Crippen molar-refractivity contribution in [1.29, 1.82) is 0 Å². The minimum atomic E-state index is -0.736. The summed E-state index contributed by atoms with van der Waals surface area (Å²) >= 11 is 0. The van der Waals surface area contributed by atoms with E-state index in [9.17, 15) is 9.90 Å². The molecule has 0 amide bonds. The summed E-state index contributed by atoms with van der Waals surface area (Å²) in [5, 5.41) is 18.0. The monoisotopic (exact) mass is 235 g/mol. The second kappa shape index (κ2) is 5.19. The Labute approximate surface area is 100 Å². The highest BCUT2D eigenvalue weighted by Crippen LogP contribution is 2.23. The average molecular weight is 235 g/mol. The summed E-state index contributed by atoms with van der Waals surface area (Å²) < 4.78 is 0. The quantitative estimate of drug-likeness (QED) is 0.832. The van der Waals surface area contributed by atoms with Crippen molar-refractivity contribution in [3.05, 3.63) is 29.3 Å². The highest BCUT2D eigenvalue weighted by atomic mass is 16.4. The number of hydrogen-bond donors (Lipinski definition) is 2. The zero-order chi connectivity index (χ0) is 12.3. The van der Waals surface area contributed by atoms with Gasteiger partial charge in [0, 0.05) is 19.5 Å². The third kappa shape index (κ3) is 3.20. The summed E-state index contributed by atoms with van der Waals surface area (Å²) in [6.07, 6.45) is 1.88. The fourth-order valence-electron chi connectivity index (χ4n) is 2.25. The van der Waals surface area contributed by atoms with Crippen LogP contribution in [0.2, 0.25) is 0 Å². The number of fused-ring (bicyclic) bond motifs is 1. The van der Waals surface area contributed by atoms with E-state index in [-0.39, 0.29) is 6.42 Å². The number of phenols is 1. The van der Waals surface area contributed by atoms with Crippen LogP contribution in [0, 0.1) is 0 Å². The molecule has 0 fully saturated rings. The van der Waals surface area contributed by atoms with Gasteiger partial charge in [0.2, 0.25) is 0 Å². The van der Waals surface area contributed by atoms with Crippen LogP contribution < -0.4 is 0 Å². The summed E-state index contributed by atoms with van der Waals surface area (Å²) in [5.41, 5.74) is 2.45. The van der Waals surface area contributed by atoms with Gasteiger partial charge in [-0.2, -0.15) is 0 Å². The molecule has 17 heavy (non-hydrogen) atoms. The molecule has 0 bridgehead atoms. The number of carboxylic acids is 1. The Balaban J connectivity index is 1.91. The molecular formula is C13H17NO3. The van der Waals surface area contributed by atoms with Gasteiger partial charge in [-0.3, -0.25) is 9.69 Å². The van der Waals surface area contributed by atoms with Crippen molar-refractivity contribution in [2.75, 3.05) is 13.1 Å². The molecule has 92 valence electrons. The second-order valence-electron chi connectivity index (χ2n) is 4.48. The molecule has 0 aromatic heterocycles. The average Bonchev–Trinajstić information content (AvgIpc) is 2.28. The molecule has 0 spiro atoms. The molecule has 0 radical (unpaired) electrons. The Kier molecular flexibility index (Phi) is 3.64. The van der Waals surface area contributed by atoms with Crippen LogP contribution in [0.1, 0.15) is 24.0 Å². The first-order chi connectivity index (χ1) is 8.15. The van der Waals surface area contributed by atoms with Crippen LogP contribution >= 0.6 is 0 Å². The SMILES string of the molecule is O=C(O)CCCN1CCc2ccc(O)cc2C1. The topological polar surface area (TPSA) is 60.8 Å². The van der Waals surface area contributed by atoms with Crippen LogP contribution in [0.4, 0.5) is 0 Å². The van der Waals surface area contributed by atoms with Gasteiger partial charge < -0.3 is 10.2 Å². The molecule has 0 atom stereocenters. The van der Waals surface area contributed by atoms with Crippen molar-refractivity contribution >= 4 is 5.97 Å². The maximum atomic E-state index is 10.4. The minimum Gasteiger partial charge on any atom is -0.508 e. The summed E-state index contributed by atoms with van der Waals surface area (Å²) in [6, 6.07) is 5.50. The smallest absolute Gasteiger partial charge is 0.303 e. The molecule has 0 unspecified atom stereocenters. The third-order valence-corrected chi connectivity index (χ3v) is 3.15. The van der Waals surface area contributed by atoms with Gasteiger partial charge in [-0.1, -0.05) is 6.07 Å². The zero-order valence-electron chi connectivity index (χ0n) is 9.72. The van der Waals surface area contributed by atoms with Gasteiger partial charge in [0.05, 0.1) is 0 Å². The van der Waals surface area contributed by atoms with E-state index < -0.39 is 5.97 Å². The van der Waals surface area contributed by atoms with Gasteiger partial charge in [0.1, 0.15) is 5.75 Å². The van der Waals surface area contributed by atoms with Crippen molar-refractivity contribution in [3.63, 3.8) is 0 Å². The first kappa shape index (κ1) is 11.9. The zero-order valence-corrected chi connectivity index (χ0v) is 9.72. The van der Waals surface area contributed by atoms with Gasteiger partial charge in [-0.05, 0) is 42.6 Å². The largest absolute Gasteiger partial charge is 0.508 e. The van der Waals surface area contributed by atoms with E-state index in [1.807, 2.05) is 6.07 Å². The molecule has 1 aromatic carbocycles. The molecule has 0 saturated carbocycles. The molecule has 1 aliphatic rings. The van der Waals surface area contributed by atoms with Gasteiger partial charge in [-0.25, -0.2) is 0 Å². The van der Waals surface area contributed by atoms with Crippen molar-refractivity contribution in [1.82, 2.24) is 4.90 Å². The predicted octanol–water partition coefficient (Wildman–Crippen LogP) is 1.62. The standard InChI is InChI=1S/C13H17NO3/c15-12-4-3-10-5-7-14(9-11(10)8-12)6-1-2-13(16)17/h3-4,8,15H,1-2,5-7,9H2,(H,16,17). The van der Waals surface area contributed by atoms with Crippen LogP contribution in [0.15, 0.2) is 18.2 Å². The Bertz CT molecular complexity index is 417. The summed E-state index contributed by atoms with van der Waals surface area (Å²) in [5.74, 6) is -0.434. The fourth-order valence-corrected chi connectivity index (χ4v) is 2.25. The minimum absolute atomic E-state index is 0.226. The lowest BCUT2D eigenvalue weighted by Crippen LogP contribution is -2.31. The third-order valence-electron chi connectivity index (χ3n) is 3.15. The summed E-state index contributed by atoms with van der Waals surface area (Å²) in [6.45, 7) is 2.59. The van der Waals surface area contributed by atoms with Gasteiger partial charge >= 0.3 is 5.97 Å². The highest BCUT2D eigenvalue weighted by molar-refractivity contribution is 5.66. The van der Waals surface area contributed by atoms with E-state index in [2.05, 4.69) is 4.90 Å². The van der Waals surface area contributed by atoms with Crippen LogP contribution in [-0.2, 0) is 17.8 Å². The van der Waals surface area contributed by atoms with E-state index in [4.69, 9.17) is 5.11 Å². The number of rotatable bonds is 4.